The van der Waals surface area contributed by atoms with Gasteiger partial charge in [0.05, 0.1) is 11.5 Å². The van der Waals surface area contributed by atoms with Crippen LogP contribution in [-0.4, -0.2) is 27.0 Å². The van der Waals surface area contributed by atoms with E-state index in [0.29, 0.717) is 35.9 Å². The van der Waals surface area contributed by atoms with Crippen molar-refractivity contribution in [3.63, 3.8) is 0 Å². The molecule has 3 aromatic rings. The van der Waals surface area contributed by atoms with Gasteiger partial charge in [0.25, 0.3) is 15.9 Å². The topological polar surface area (TPSA) is 93.7 Å². The molecule has 0 unspecified atom stereocenters. The van der Waals surface area contributed by atoms with Gasteiger partial charge in [0.15, 0.2) is 6.10 Å². The Morgan fingerprint density at radius 1 is 0.912 bits per heavy atom. The van der Waals surface area contributed by atoms with Gasteiger partial charge < -0.3 is 14.8 Å². The fraction of sp³-hybridized carbons (Fsp3) is 0.269. The van der Waals surface area contributed by atoms with Crippen LogP contribution in [-0.2, 0) is 14.8 Å². The number of hydrogen-bond donors (Lipinski definition) is 2. The van der Waals surface area contributed by atoms with E-state index in [2.05, 4.69) is 10.0 Å². The Kier molecular flexibility index (Phi) is 8.17. The van der Waals surface area contributed by atoms with Crippen molar-refractivity contribution >= 4 is 27.3 Å². The lowest BCUT2D eigenvalue weighted by molar-refractivity contribution is -0.122. The van der Waals surface area contributed by atoms with Crippen LogP contribution in [0.2, 0.25) is 0 Å². The SMILES string of the molecule is CCOc1ccc(NS(=O)(=O)c2ccc(NC(=O)[C@H](CC)Oc3cccc(C)c3C)cc2)cc1. The van der Waals surface area contributed by atoms with Crippen LogP contribution < -0.4 is 19.5 Å². The largest absolute Gasteiger partial charge is 0.494 e. The highest BCUT2D eigenvalue weighted by molar-refractivity contribution is 7.92. The number of sulfonamides is 1. The Bertz CT molecular complexity index is 1220. The zero-order chi connectivity index (χ0) is 24.7. The molecule has 0 bridgehead atoms. The average molecular weight is 483 g/mol. The molecule has 0 saturated heterocycles. The lowest BCUT2D eigenvalue weighted by Gasteiger charge is -2.19. The molecule has 0 heterocycles. The molecular weight excluding hydrogens is 452 g/mol. The van der Waals surface area contributed by atoms with Gasteiger partial charge in [-0.3, -0.25) is 9.52 Å². The maximum Gasteiger partial charge on any atom is 0.265 e. The Labute approximate surface area is 201 Å². The highest BCUT2D eigenvalue weighted by atomic mass is 32.2. The molecule has 8 heteroatoms. The molecule has 2 N–H and O–H groups in total. The molecule has 0 fully saturated rings. The van der Waals surface area contributed by atoms with E-state index in [1.54, 1.807) is 36.4 Å². The van der Waals surface area contributed by atoms with Crippen LogP contribution >= 0.6 is 0 Å². The molecule has 0 aromatic heterocycles. The van der Waals surface area contributed by atoms with E-state index in [0.717, 1.165) is 11.1 Å². The average Bonchev–Trinajstić information content (AvgIpc) is 2.81. The highest BCUT2D eigenvalue weighted by Gasteiger charge is 2.20. The summed E-state index contributed by atoms with van der Waals surface area (Å²) in [7, 11) is -3.78. The molecule has 0 aliphatic carbocycles. The standard InChI is InChI=1S/C26H30N2O5S/c1-5-24(33-25-9-7-8-18(3)19(25)4)26(29)27-20-12-16-23(17-13-20)34(30,31)28-21-10-14-22(15-11-21)32-6-2/h7-17,24,28H,5-6H2,1-4H3,(H,27,29)/t24-/m0/s1. The van der Waals surface area contributed by atoms with E-state index in [1.807, 2.05) is 45.9 Å². The quantitative estimate of drug-likeness (QED) is 0.409. The maximum absolute atomic E-state index is 12.8. The summed E-state index contributed by atoms with van der Waals surface area (Å²) in [6.07, 6.45) is -0.192. The zero-order valence-corrected chi connectivity index (χ0v) is 20.6. The molecule has 3 rings (SSSR count). The van der Waals surface area contributed by atoms with Gasteiger partial charge in [0.1, 0.15) is 11.5 Å². The first kappa shape index (κ1) is 25.1. The fourth-order valence-electron chi connectivity index (χ4n) is 3.27. The van der Waals surface area contributed by atoms with E-state index >= 15 is 0 Å². The third-order valence-corrected chi connectivity index (χ3v) is 6.73. The van der Waals surface area contributed by atoms with Crippen molar-refractivity contribution in [2.45, 2.75) is 45.1 Å². The van der Waals surface area contributed by atoms with Gasteiger partial charge in [-0.05, 0) is 92.9 Å². The number of ether oxygens (including phenoxy) is 2. The van der Waals surface area contributed by atoms with Crippen molar-refractivity contribution in [1.29, 1.82) is 0 Å². The third kappa shape index (κ3) is 6.29. The number of benzene rings is 3. The number of amides is 1. The van der Waals surface area contributed by atoms with Crippen LogP contribution in [0.25, 0.3) is 0 Å². The minimum Gasteiger partial charge on any atom is -0.494 e. The summed E-state index contributed by atoms with van der Waals surface area (Å²) >= 11 is 0. The van der Waals surface area contributed by atoms with E-state index in [9.17, 15) is 13.2 Å². The summed E-state index contributed by atoms with van der Waals surface area (Å²) in [5, 5.41) is 2.80. The van der Waals surface area contributed by atoms with Gasteiger partial charge in [-0.15, -0.1) is 0 Å². The van der Waals surface area contributed by atoms with Crippen molar-refractivity contribution in [3.8, 4) is 11.5 Å². The van der Waals surface area contributed by atoms with Gasteiger partial charge >= 0.3 is 0 Å². The second-order valence-corrected chi connectivity index (χ2v) is 9.47. The molecule has 7 nitrogen and oxygen atoms in total. The van der Waals surface area contributed by atoms with E-state index in [1.165, 1.54) is 12.1 Å². The zero-order valence-electron chi connectivity index (χ0n) is 19.8. The maximum atomic E-state index is 12.8. The van der Waals surface area contributed by atoms with E-state index < -0.39 is 16.1 Å². The van der Waals surface area contributed by atoms with Gasteiger partial charge in [0, 0.05) is 11.4 Å². The number of carbonyl (C=O) groups excluding carboxylic acids is 1. The van der Waals surface area contributed by atoms with Crippen molar-refractivity contribution in [3.05, 3.63) is 77.9 Å². The van der Waals surface area contributed by atoms with E-state index in [4.69, 9.17) is 9.47 Å². The monoisotopic (exact) mass is 482 g/mol. The summed E-state index contributed by atoms with van der Waals surface area (Å²) in [5.41, 5.74) is 2.98. The summed E-state index contributed by atoms with van der Waals surface area (Å²) < 4.78 is 39.3. The molecule has 0 aliphatic rings. The van der Waals surface area contributed by atoms with Gasteiger partial charge in [-0.1, -0.05) is 19.1 Å². The van der Waals surface area contributed by atoms with Crippen molar-refractivity contribution < 1.29 is 22.7 Å². The molecule has 0 spiro atoms. The second kappa shape index (κ2) is 11.1. The Morgan fingerprint density at radius 2 is 1.56 bits per heavy atom. The summed E-state index contributed by atoms with van der Waals surface area (Å²) in [6.45, 7) is 8.23. The number of hydrogen-bond acceptors (Lipinski definition) is 5. The fourth-order valence-corrected chi connectivity index (χ4v) is 4.33. The number of aryl methyl sites for hydroxylation is 1. The lowest BCUT2D eigenvalue weighted by atomic mass is 10.1. The van der Waals surface area contributed by atoms with Crippen molar-refractivity contribution in [1.82, 2.24) is 0 Å². The van der Waals surface area contributed by atoms with Crippen molar-refractivity contribution in [2.75, 3.05) is 16.6 Å². The van der Waals surface area contributed by atoms with E-state index in [-0.39, 0.29) is 10.8 Å². The number of rotatable bonds is 10. The van der Waals surface area contributed by atoms with Gasteiger partial charge in [0.2, 0.25) is 0 Å². The van der Waals surface area contributed by atoms with Crippen LogP contribution in [0.15, 0.2) is 71.6 Å². The number of anilines is 2. The Morgan fingerprint density at radius 3 is 2.18 bits per heavy atom. The molecule has 0 radical (unpaired) electrons. The first-order valence-electron chi connectivity index (χ1n) is 11.1. The predicted molar refractivity (Wildman–Crippen MR) is 134 cm³/mol. The number of nitrogens with one attached hydrogen (secondary N) is 2. The molecule has 0 aliphatic heterocycles. The molecule has 3 aromatic carbocycles. The first-order chi connectivity index (χ1) is 16.2. The van der Waals surface area contributed by atoms with Crippen LogP contribution in [0.1, 0.15) is 31.4 Å². The minimum atomic E-state index is -3.78. The molecular formula is C26H30N2O5S. The Hall–Kier alpha value is -3.52. The first-order valence-corrected chi connectivity index (χ1v) is 12.6. The van der Waals surface area contributed by atoms with Crippen LogP contribution in [0.3, 0.4) is 0 Å². The van der Waals surface area contributed by atoms with Crippen molar-refractivity contribution in [2.24, 2.45) is 0 Å². The normalized spacial score (nSPS) is 12.0. The van der Waals surface area contributed by atoms with Crippen LogP contribution in [0.4, 0.5) is 11.4 Å². The summed E-state index contributed by atoms with van der Waals surface area (Å²) in [4.78, 5) is 12.8. The Balaban J connectivity index is 1.65. The predicted octanol–water partition coefficient (Wildman–Crippen LogP) is 5.30. The van der Waals surface area contributed by atoms with Gasteiger partial charge in [-0.25, -0.2) is 8.42 Å². The third-order valence-electron chi connectivity index (χ3n) is 5.34. The van der Waals surface area contributed by atoms with Crippen LogP contribution in [0, 0.1) is 13.8 Å². The number of carbonyl (C=O) groups is 1. The summed E-state index contributed by atoms with van der Waals surface area (Å²) in [5.74, 6) is 1.03. The summed E-state index contributed by atoms with van der Waals surface area (Å²) in [6, 6.07) is 18.4. The van der Waals surface area contributed by atoms with Gasteiger partial charge in [-0.2, -0.15) is 0 Å². The minimum absolute atomic E-state index is 0.0815. The highest BCUT2D eigenvalue weighted by Crippen LogP contribution is 2.24. The molecule has 1 atom stereocenters. The molecule has 0 saturated carbocycles. The molecule has 1 amide bonds. The second-order valence-electron chi connectivity index (χ2n) is 7.79. The molecule has 34 heavy (non-hydrogen) atoms. The molecule has 180 valence electrons. The smallest absolute Gasteiger partial charge is 0.265 e. The lowest BCUT2D eigenvalue weighted by Crippen LogP contribution is -2.32. The van der Waals surface area contributed by atoms with Crippen LogP contribution in [0.5, 0.6) is 11.5 Å².